The Hall–Kier alpha value is -0.810. The summed E-state index contributed by atoms with van der Waals surface area (Å²) in [5.41, 5.74) is 0. The molecule has 2 heterocycles. The van der Waals surface area contributed by atoms with Gasteiger partial charge in [0.15, 0.2) is 4.67 Å². The lowest BCUT2D eigenvalue weighted by molar-refractivity contribution is -0.132. The Bertz CT molecular complexity index is 413. The predicted octanol–water partition coefficient (Wildman–Crippen LogP) is 2.70. The van der Waals surface area contributed by atoms with E-state index < -0.39 is 0 Å². The number of hydrogen-bond donors (Lipinski definition) is 1. The summed E-state index contributed by atoms with van der Waals surface area (Å²) >= 11 is 3.28. The lowest BCUT2D eigenvalue weighted by Crippen LogP contribution is -2.44. The van der Waals surface area contributed by atoms with Crippen LogP contribution in [-0.4, -0.2) is 29.9 Å². The number of carbonyl (C=O) groups is 1. The van der Waals surface area contributed by atoms with Crippen molar-refractivity contribution in [2.24, 2.45) is 0 Å². The van der Waals surface area contributed by atoms with Crippen molar-refractivity contribution < 1.29 is 9.21 Å². The van der Waals surface area contributed by atoms with Crippen molar-refractivity contribution in [3.8, 4) is 0 Å². The molecule has 2 unspecified atom stereocenters. The fourth-order valence-electron chi connectivity index (χ4n) is 2.30. The first-order chi connectivity index (χ1) is 8.58. The molecule has 1 aliphatic rings. The van der Waals surface area contributed by atoms with Gasteiger partial charge in [0, 0.05) is 13.1 Å². The van der Waals surface area contributed by atoms with Crippen LogP contribution in [0.1, 0.15) is 38.5 Å². The average molecular weight is 315 g/mol. The van der Waals surface area contributed by atoms with Gasteiger partial charge in [-0.3, -0.25) is 10.1 Å². The summed E-state index contributed by atoms with van der Waals surface area (Å²) in [5.74, 6) is 1.02. The minimum absolute atomic E-state index is 0.0258. The first-order valence-corrected chi connectivity index (χ1v) is 7.17. The van der Waals surface area contributed by atoms with Gasteiger partial charge in [-0.05, 0) is 54.8 Å². The Morgan fingerprint density at radius 3 is 2.61 bits per heavy atom. The number of halogens is 1. The quantitative estimate of drug-likeness (QED) is 0.929. The van der Waals surface area contributed by atoms with E-state index in [0.29, 0.717) is 4.67 Å². The third-order valence-electron chi connectivity index (χ3n) is 3.31. The van der Waals surface area contributed by atoms with E-state index in [1.54, 1.807) is 0 Å². The van der Waals surface area contributed by atoms with Gasteiger partial charge in [-0.2, -0.15) is 0 Å². The van der Waals surface area contributed by atoms with E-state index in [0.717, 1.165) is 31.7 Å². The minimum Gasteiger partial charge on any atom is -0.453 e. The number of amides is 1. The van der Waals surface area contributed by atoms with E-state index >= 15 is 0 Å². The van der Waals surface area contributed by atoms with Crippen molar-refractivity contribution in [1.29, 1.82) is 0 Å². The van der Waals surface area contributed by atoms with Crippen LogP contribution in [-0.2, 0) is 4.79 Å². The first kappa shape index (κ1) is 13.6. The van der Waals surface area contributed by atoms with Crippen LogP contribution in [0.15, 0.2) is 21.2 Å². The Labute approximate surface area is 116 Å². The highest BCUT2D eigenvalue weighted by molar-refractivity contribution is 9.10. The molecule has 0 bridgehead atoms. The van der Waals surface area contributed by atoms with Gasteiger partial charge in [0.25, 0.3) is 0 Å². The second kappa shape index (κ2) is 5.89. The fourth-order valence-corrected chi connectivity index (χ4v) is 2.62. The summed E-state index contributed by atoms with van der Waals surface area (Å²) < 4.78 is 6.19. The van der Waals surface area contributed by atoms with Gasteiger partial charge in [0.05, 0.1) is 12.1 Å². The van der Waals surface area contributed by atoms with Gasteiger partial charge in [-0.15, -0.1) is 0 Å². The van der Waals surface area contributed by atoms with E-state index in [2.05, 4.69) is 21.2 Å². The van der Waals surface area contributed by atoms with Crippen molar-refractivity contribution in [3.63, 3.8) is 0 Å². The largest absolute Gasteiger partial charge is 0.453 e. The summed E-state index contributed by atoms with van der Waals surface area (Å²) in [6.07, 6.45) is 2.25. The fraction of sp³-hybridized carbons (Fsp3) is 0.615. The molecule has 0 aromatic carbocycles. The van der Waals surface area contributed by atoms with Crippen molar-refractivity contribution in [1.82, 2.24) is 10.2 Å². The maximum absolute atomic E-state index is 12.1. The molecular weight excluding hydrogens is 296 g/mol. The number of rotatable bonds is 4. The van der Waals surface area contributed by atoms with Gasteiger partial charge in [0.1, 0.15) is 5.76 Å². The second-order valence-corrected chi connectivity index (χ2v) is 5.57. The Morgan fingerprint density at radius 2 is 2.06 bits per heavy atom. The molecule has 18 heavy (non-hydrogen) atoms. The van der Waals surface area contributed by atoms with Crippen LogP contribution in [0.4, 0.5) is 0 Å². The molecular formula is C13H19BrN2O2. The van der Waals surface area contributed by atoms with Crippen LogP contribution >= 0.6 is 15.9 Å². The average Bonchev–Trinajstić information content (AvgIpc) is 2.98. The molecule has 1 N–H and O–H groups in total. The summed E-state index contributed by atoms with van der Waals surface area (Å²) in [6.45, 7) is 5.70. The lowest BCUT2D eigenvalue weighted by atomic mass is 10.2. The molecule has 2 rings (SSSR count). The van der Waals surface area contributed by atoms with Crippen LogP contribution in [0.3, 0.4) is 0 Å². The van der Waals surface area contributed by atoms with Crippen molar-refractivity contribution in [2.75, 3.05) is 13.1 Å². The van der Waals surface area contributed by atoms with Gasteiger partial charge >= 0.3 is 0 Å². The Kier molecular flexibility index (Phi) is 4.45. The number of nitrogens with zero attached hydrogens (tertiary/aromatic N) is 1. The van der Waals surface area contributed by atoms with Crippen LogP contribution < -0.4 is 5.32 Å². The second-order valence-electron chi connectivity index (χ2n) is 4.78. The molecule has 2 atom stereocenters. The topological polar surface area (TPSA) is 45.5 Å². The minimum atomic E-state index is -0.179. The van der Waals surface area contributed by atoms with Gasteiger partial charge in [-0.1, -0.05) is 0 Å². The summed E-state index contributed by atoms with van der Waals surface area (Å²) in [6, 6.07) is 3.62. The zero-order valence-corrected chi connectivity index (χ0v) is 12.4. The number of nitrogens with one attached hydrogen (secondary N) is 1. The van der Waals surface area contributed by atoms with Crippen molar-refractivity contribution >= 4 is 21.8 Å². The van der Waals surface area contributed by atoms with Crippen LogP contribution in [0.2, 0.25) is 0 Å². The zero-order chi connectivity index (χ0) is 13.1. The van der Waals surface area contributed by atoms with E-state index in [-0.39, 0.29) is 18.0 Å². The molecule has 1 aromatic heterocycles. The Morgan fingerprint density at radius 1 is 1.39 bits per heavy atom. The normalized spacial score (nSPS) is 18.9. The Balaban J connectivity index is 1.90. The summed E-state index contributed by atoms with van der Waals surface area (Å²) in [7, 11) is 0. The van der Waals surface area contributed by atoms with Gasteiger partial charge in [0.2, 0.25) is 5.91 Å². The monoisotopic (exact) mass is 314 g/mol. The SMILES string of the molecule is CC(NC(C)c1ccc(Br)o1)C(=O)N1CCCC1. The van der Waals surface area contributed by atoms with Gasteiger partial charge < -0.3 is 9.32 Å². The van der Waals surface area contributed by atoms with Crippen LogP contribution in [0.5, 0.6) is 0 Å². The highest BCUT2D eigenvalue weighted by atomic mass is 79.9. The highest BCUT2D eigenvalue weighted by Crippen LogP contribution is 2.20. The molecule has 0 radical (unpaired) electrons. The predicted molar refractivity (Wildman–Crippen MR) is 73.2 cm³/mol. The van der Waals surface area contributed by atoms with E-state index in [4.69, 9.17) is 4.42 Å². The molecule has 100 valence electrons. The maximum Gasteiger partial charge on any atom is 0.239 e. The molecule has 0 aliphatic carbocycles. The first-order valence-electron chi connectivity index (χ1n) is 6.38. The van der Waals surface area contributed by atoms with E-state index in [1.165, 1.54) is 0 Å². The molecule has 1 aliphatic heterocycles. The van der Waals surface area contributed by atoms with Crippen LogP contribution in [0, 0.1) is 0 Å². The lowest BCUT2D eigenvalue weighted by Gasteiger charge is -2.23. The smallest absolute Gasteiger partial charge is 0.239 e. The molecule has 1 fully saturated rings. The third kappa shape index (κ3) is 3.14. The maximum atomic E-state index is 12.1. The van der Waals surface area contributed by atoms with Crippen LogP contribution in [0.25, 0.3) is 0 Å². The van der Waals surface area contributed by atoms with Gasteiger partial charge in [-0.25, -0.2) is 0 Å². The number of hydrogen-bond acceptors (Lipinski definition) is 3. The molecule has 5 heteroatoms. The molecule has 0 saturated carbocycles. The molecule has 1 aromatic rings. The van der Waals surface area contributed by atoms with Crippen molar-refractivity contribution in [2.45, 2.75) is 38.8 Å². The molecule has 1 amide bonds. The molecule has 1 saturated heterocycles. The summed E-state index contributed by atoms with van der Waals surface area (Å²) in [4.78, 5) is 14.1. The highest BCUT2D eigenvalue weighted by Gasteiger charge is 2.24. The number of likely N-dealkylation sites (tertiary alicyclic amines) is 1. The standard InChI is InChI=1S/C13H19BrN2O2/c1-9(11-5-6-12(14)18-11)15-10(2)13(17)16-7-3-4-8-16/h5-6,9-10,15H,3-4,7-8H2,1-2H3. The van der Waals surface area contributed by atoms with E-state index in [9.17, 15) is 4.79 Å². The number of carbonyl (C=O) groups excluding carboxylic acids is 1. The molecule has 0 spiro atoms. The van der Waals surface area contributed by atoms with Crippen molar-refractivity contribution in [3.05, 3.63) is 22.6 Å². The van der Waals surface area contributed by atoms with E-state index in [1.807, 2.05) is 30.9 Å². The zero-order valence-electron chi connectivity index (χ0n) is 10.8. The molecule has 4 nitrogen and oxygen atoms in total. The third-order valence-corrected chi connectivity index (χ3v) is 3.74. The number of furan rings is 1. The summed E-state index contributed by atoms with van der Waals surface area (Å²) in [5, 5.41) is 3.28.